The molecule has 0 aliphatic rings. The van der Waals surface area contributed by atoms with Crippen molar-refractivity contribution in [1.82, 2.24) is 10.1 Å². The third-order valence-electron chi connectivity index (χ3n) is 4.50. The Hall–Kier alpha value is -4.13. The summed E-state index contributed by atoms with van der Waals surface area (Å²) < 4.78 is 16.0. The Labute approximate surface area is 173 Å². The smallest absolute Gasteiger partial charge is 0.259 e. The first-order valence-corrected chi connectivity index (χ1v) is 9.21. The fourth-order valence-corrected chi connectivity index (χ4v) is 3.02. The van der Waals surface area contributed by atoms with Gasteiger partial charge in [-0.15, -0.1) is 0 Å². The highest BCUT2D eigenvalue weighted by Gasteiger charge is 2.18. The maximum Gasteiger partial charge on any atom is 0.259 e. The van der Waals surface area contributed by atoms with E-state index in [0.717, 1.165) is 5.56 Å². The Bertz CT molecular complexity index is 1170. The van der Waals surface area contributed by atoms with E-state index in [0.29, 0.717) is 34.1 Å². The summed E-state index contributed by atoms with van der Waals surface area (Å²) in [6.07, 6.45) is 0. The zero-order chi connectivity index (χ0) is 20.9. The van der Waals surface area contributed by atoms with Crippen molar-refractivity contribution in [3.05, 3.63) is 78.4 Å². The van der Waals surface area contributed by atoms with Crippen molar-refractivity contribution >= 4 is 11.6 Å². The van der Waals surface area contributed by atoms with E-state index in [9.17, 15) is 4.79 Å². The summed E-state index contributed by atoms with van der Waals surface area (Å²) in [5.41, 5.74) is 2.36. The number of hydrogen-bond donors (Lipinski definition) is 1. The highest BCUT2D eigenvalue weighted by atomic mass is 16.5. The summed E-state index contributed by atoms with van der Waals surface area (Å²) >= 11 is 0. The number of methoxy groups -OCH3 is 2. The van der Waals surface area contributed by atoms with Crippen molar-refractivity contribution in [3.63, 3.8) is 0 Å². The fraction of sp³-hybridized carbons (Fsp3) is 0.0870. The molecule has 7 nitrogen and oxygen atoms in total. The minimum absolute atomic E-state index is 0.270. The van der Waals surface area contributed by atoms with Crippen LogP contribution in [-0.2, 0) is 0 Å². The van der Waals surface area contributed by atoms with Gasteiger partial charge in [0.15, 0.2) is 11.5 Å². The summed E-state index contributed by atoms with van der Waals surface area (Å²) in [5.74, 6) is 1.52. The van der Waals surface area contributed by atoms with E-state index in [2.05, 4.69) is 15.5 Å². The van der Waals surface area contributed by atoms with Gasteiger partial charge in [-0.1, -0.05) is 47.6 Å². The summed E-state index contributed by atoms with van der Waals surface area (Å²) in [5, 5.41) is 6.91. The number of carbonyl (C=O) groups is 1. The molecule has 0 spiro atoms. The number of amides is 1. The number of hydrogen-bond acceptors (Lipinski definition) is 6. The Kier molecular flexibility index (Phi) is 5.43. The van der Waals surface area contributed by atoms with Gasteiger partial charge in [-0.05, 0) is 24.3 Å². The number of nitrogens with one attached hydrogen (secondary N) is 1. The van der Waals surface area contributed by atoms with Crippen LogP contribution in [0.5, 0.6) is 11.5 Å². The predicted octanol–water partition coefficient (Wildman–Crippen LogP) is 4.67. The number of nitrogens with zero attached hydrogens (tertiary/aromatic N) is 2. The first-order valence-electron chi connectivity index (χ1n) is 9.21. The van der Waals surface area contributed by atoms with Crippen molar-refractivity contribution in [3.8, 4) is 34.3 Å². The maximum absolute atomic E-state index is 13.0. The second-order valence-corrected chi connectivity index (χ2v) is 6.36. The van der Waals surface area contributed by atoms with Gasteiger partial charge in [-0.3, -0.25) is 4.79 Å². The van der Waals surface area contributed by atoms with E-state index in [1.165, 1.54) is 0 Å². The largest absolute Gasteiger partial charge is 0.493 e. The topological polar surface area (TPSA) is 86.5 Å². The minimum Gasteiger partial charge on any atom is -0.493 e. The van der Waals surface area contributed by atoms with E-state index >= 15 is 0 Å². The SMILES string of the molecule is COc1ccc(NC(=O)c2ccccc2-c2nc(-c3ccccc3)no2)cc1OC. The first kappa shape index (κ1) is 19.2. The molecule has 1 aromatic heterocycles. The molecule has 1 N–H and O–H groups in total. The third-order valence-corrected chi connectivity index (χ3v) is 4.50. The minimum atomic E-state index is -0.308. The highest BCUT2D eigenvalue weighted by molar-refractivity contribution is 6.08. The molecule has 0 aliphatic carbocycles. The molecule has 0 radical (unpaired) electrons. The van der Waals surface area contributed by atoms with Crippen LogP contribution in [0.4, 0.5) is 5.69 Å². The van der Waals surface area contributed by atoms with Gasteiger partial charge in [0.05, 0.1) is 25.3 Å². The van der Waals surface area contributed by atoms with Crippen molar-refractivity contribution in [2.45, 2.75) is 0 Å². The maximum atomic E-state index is 13.0. The highest BCUT2D eigenvalue weighted by Crippen LogP contribution is 2.31. The van der Waals surface area contributed by atoms with Gasteiger partial charge in [-0.2, -0.15) is 4.98 Å². The van der Waals surface area contributed by atoms with Gasteiger partial charge in [0.1, 0.15) is 0 Å². The van der Waals surface area contributed by atoms with Gasteiger partial charge in [-0.25, -0.2) is 0 Å². The quantitative estimate of drug-likeness (QED) is 0.505. The molecule has 3 aromatic carbocycles. The number of carbonyl (C=O) groups excluding carboxylic acids is 1. The molecule has 0 aliphatic heterocycles. The molecule has 0 atom stereocenters. The van der Waals surface area contributed by atoms with E-state index in [1.807, 2.05) is 36.4 Å². The molecular formula is C23H19N3O4. The zero-order valence-electron chi connectivity index (χ0n) is 16.5. The van der Waals surface area contributed by atoms with Crippen LogP contribution < -0.4 is 14.8 Å². The lowest BCUT2D eigenvalue weighted by Gasteiger charge is -2.11. The molecule has 4 rings (SSSR count). The Balaban J connectivity index is 1.62. The summed E-state index contributed by atoms with van der Waals surface area (Å²) in [6.45, 7) is 0. The standard InChI is InChI=1S/C23H19N3O4/c1-28-19-13-12-16(14-20(19)29-2)24-22(27)17-10-6-7-11-18(17)23-25-21(26-30-23)15-8-4-3-5-9-15/h3-14H,1-2H3,(H,24,27). The molecular weight excluding hydrogens is 382 g/mol. The van der Waals surface area contributed by atoms with Crippen LogP contribution in [-0.4, -0.2) is 30.3 Å². The van der Waals surface area contributed by atoms with Crippen molar-refractivity contribution in [2.75, 3.05) is 19.5 Å². The Morgan fingerprint density at radius 2 is 1.63 bits per heavy atom. The predicted molar refractivity (Wildman–Crippen MR) is 113 cm³/mol. The Morgan fingerprint density at radius 1 is 0.900 bits per heavy atom. The van der Waals surface area contributed by atoms with Crippen LogP contribution in [0, 0.1) is 0 Å². The normalized spacial score (nSPS) is 10.5. The number of ether oxygens (including phenoxy) is 2. The molecule has 0 bridgehead atoms. The van der Waals surface area contributed by atoms with E-state index in [1.54, 1.807) is 50.6 Å². The van der Waals surface area contributed by atoms with Crippen molar-refractivity contribution in [2.24, 2.45) is 0 Å². The average Bonchev–Trinajstić information content (AvgIpc) is 3.30. The Morgan fingerprint density at radius 3 is 2.40 bits per heavy atom. The van der Waals surface area contributed by atoms with Gasteiger partial charge >= 0.3 is 0 Å². The van der Waals surface area contributed by atoms with Crippen LogP contribution in [0.1, 0.15) is 10.4 Å². The van der Waals surface area contributed by atoms with Crippen molar-refractivity contribution in [1.29, 1.82) is 0 Å². The van der Waals surface area contributed by atoms with Gasteiger partial charge in [0.2, 0.25) is 5.82 Å². The van der Waals surface area contributed by atoms with Gasteiger partial charge < -0.3 is 19.3 Å². The molecule has 7 heteroatoms. The number of anilines is 1. The molecule has 0 unspecified atom stereocenters. The molecule has 0 saturated carbocycles. The molecule has 0 saturated heterocycles. The molecule has 150 valence electrons. The lowest BCUT2D eigenvalue weighted by Crippen LogP contribution is -2.13. The van der Waals surface area contributed by atoms with Crippen LogP contribution in [0.3, 0.4) is 0 Å². The van der Waals surface area contributed by atoms with E-state index in [-0.39, 0.29) is 11.8 Å². The lowest BCUT2D eigenvalue weighted by molar-refractivity contribution is 0.102. The summed E-state index contributed by atoms with van der Waals surface area (Å²) in [7, 11) is 3.10. The lowest BCUT2D eigenvalue weighted by atomic mass is 10.1. The van der Waals surface area contributed by atoms with E-state index < -0.39 is 0 Å². The summed E-state index contributed by atoms with van der Waals surface area (Å²) in [4.78, 5) is 17.4. The first-order chi connectivity index (χ1) is 14.7. The number of aromatic nitrogens is 2. The molecule has 30 heavy (non-hydrogen) atoms. The van der Waals surface area contributed by atoms with Crippen LogP contribution in [0.25, 0.3) is 22.8 Å². The second kappa shape index (κ2) is 8.48. The summed E-state index contributed by atoms with van der Waals surface area (Å²) in [6, 6.07) is 21.7. The number of benzene rings is 3. The van der Waals surface area contributed by atoms with Crippen molar-refractivity contribution < 1.29 is 18.8 Å². The van der Waals surface area contributed by atoms with E-state index in [4.69, 9.17) is 14.0 Å². The van der Waals surface area contributed by atoms with Crippen LogP contribution >= 0.6 is 0 Å². The molecule has 1 heterocycles. The second-order valence-electron chi connectivity index (χ2n) is 6.36. The molecule has 0 fully saturated rings. The third kappa shape index (κ3) is 3.86. The van der Waals surface area contributed by atoms with Gasteiger partial charge in [0, 0.05) is 17.3 Å². The average molecular weight is 401 g/mol. The number of rotatable bonds is 6. The fourth-order valence-electron chi connectivity index (χ4n) is 3.02. The molecule has 1 amide bonds. The van der Waals surface area contributed by atoms with Gasteiger partial charge in [0.25, 0.3) is 11.8 Å². The molecule has 4 aromatic rings. The monoisotopic (exact) mass is 401 g/mol. The van der Waals surface area contributed by atoms with Crippen LogP contribution in [0.2, 0.25) is 0 Å². The van der Waals surface area contributed by atoms with Crippen LogP contribution in [0.15, 0.2) is 77.3 Å². The zero-order valence-corrected chi connectivity index (χ0v) is 16.5.